The lowest BCUT2D eigenvalue weighted by Crippen LogP contribution is -2.64. The third-order valence-electron chi connectivity index (χ3n) is 6.49. The molecular formula is C23H25N3O2. The Morgan fingerprint density at radius 1 is 1.21 bits per heavy atom. The fourth-order valence-electron chi connectivity index (χ4n) is 5.10. The molecule has 1 aromatic carbocycles. The summed E-state index contributed by atoms with van der Waals surface area (Å²) >= 11 is 0. The Bertz CT molecular complexity index is 943. The average molecular weight is 375 g/mol. The van der Waals surface area contributed by atoms with Crippen LogP contribution < -0.4 is 0 Å². The summed E-state index contributed by atoms with van der Waals surface area (Å²) in [5, 5.41) is 0.972. The predicted octanol–water partition coefficient (Wildman–Crippen LogP) is 3.61. The fourth-order valence-corrected chi connectivity index (χ4v) is 5.10. The molecule has 3 aromatic rings. The molecule has 0 spiro atoms. The topological polar surface area (TPSA) is 49.6 Å². The molecule has 2 unspecified atom stereocenters. The highest BCUT2D eigenvalue weighted by Crippen LogP contribution is 2.37. The number of hydrogen-bond donors (Lipinski definition) is 0. The number of furan rings is 1. The fraction of sp³-hybridized carbons (Fsp3) is 0.391. The zero-order valence-electron chi connectivity index (χ0n) is 16.1. The van der Waals surface area contributed by atoms with Gasteiger partial charge in [-0.1, -0.05) is 24.3 Å². The van der Waals surface area contributed by atoms with Crippen LogP contribution in [0.2, 0.25) is 0 Å². The minimum atomic E-state index is -0.0221. The molecule has 3 aliphatic rings. The summed E-state index contributed by atoms with van der Waals surface area (Å²) in [5.41, 5.74) is 2.00. The number of piperidine rings is 3. The van der Waals surface area contributed by atoms with Crippen molar-refractivity contribution in [3.05, 3.63) is 66.2 Å². The van der Waals surface area contributed by atoms with E-state index < -0.39 is 0 Å². The second kappa shape index (κ2) is 7.06. The van der Waals surface area contributed by atoms with Crippen molar-refractivity contribution in [2.45, 2.75) is 31.3 Å². The molecule has 3 saturated heterocycles. The molecule has 0 N–H and O–H groups in total. The Kier molecular flexibility index (Phi) is 4.40. The summed E-state index contributed by atoms with van der Waals surface area (Å²) in [4.78, 5) is 22.1. The van der Waals surface area contributed by atoms with Crippen molar-refractivity contribution in [1.82, 2.24) is 14.8 Å². The number of rotatable bonds is 4. The lowest BCUT2D eigenvalue weighted by Gasteiger charge is -2.53. The van der Waals surface area contributed by atoms with Crippen LogP contribution in [0, 0.1) is 5.92 Å². The van der Waals surface area contributed by atoms with Gasteiger partial charge in [0.1, 0.15) is 5.58 Å². The number of hydrogen-bond acceptors (Lipinski definition) is 4. The second-order valence-electron chi connectivity index (χ2n) is 8.06. The first kappa shape index (κ1) is 17.4. The molecule has 3 fully saturated rings. The highest BCUT2D eigenvalue weighted by molar-refractivity contribution is 5.96. The van der Waals surface area contributed by atoms with Gasteiger partial charge in [0.25, 0.3) is 5.91 Å². The first-order valence-electron chi connectivity index (χ1n) is 10.1. The van der Waals surface area contributed by atoms with E-state index in [0.717, 1.165) is 43.3 Å². The van der Waals surface area contributed by atoms with E-state index in [2.05, 4.69) is 16.0 Å². The van der Waals surface area contributed by atoms with Gasteiger partial charge >= 0.3 is 0 Å². The van der Waals surface area contributed by atoms with Crippen LogP contribution in [0.15, 0.2) is 59.3 Å². The number of amides is 1. The highest BCUT2D eigenvalue weighted by Gasteiger charge is 2.45. The molecule has 5 nitrogen and oxygen atoms in total. The smallest absolute Gasteiger partial charge is 0.289 e. The van der Waals surface area contributed by atoms with Crippen molar-refractivity contribution in [2.75, 3.05) is 20.1 Å². The van der Waals surface area contributed by atoms with Crippen LogP contribution in [0.5, 0.6) is 0 Å². The van der Waals surface area contributed by atoms with Crippen LogP contribution in [0.4, 0.5) is 0 Å². The van der Waals surface area contributed by atoms with Crippen LogP contribution in [0.3, 0.4) is 0 Å². The first-order valence-corrected chi connectivity index (χ1v) is 10.1. The number of pyridine rings is 1. The van der Waals surface area contributed by atoms with Gasteiger partial charge in [-0.15, -0.1) is 0 Å². The molecule has 28 heavy (non-hydrogen) atoms. The molecule has 0 saturated carbocycles. The van der Waals surface area contributed by atoms with Crippen molar-refractivity contribution < 1.29 is 9.21 Å². The largest absolute Gasteiger partial charge is 0.451 e. The molecule has 0 aliphatic carbocycles. The lowest BCUT2D eigenvalue weighted by molar-refractivity contribution is -0.0285. The first-order chi connectivity index (χ1) is 13.7. The predicted molar refractivity (Wildman–Crippen MR) is 108 cm³/mol. The number of carbonyl (C=O) groups is 1. The minimum Gasteiger partial charge on any atom is -0.451 e. The summed E-state index contributed by atoms with van der Waals surface area (Å²) in [6.45, 7) is 2.25. The normalized spacial score (nSPS) is 26.5. The van der Waals surface area contributed by atoms with E-state index >= 15 is 0 Å². The van der Waals surface area contributed by atoms with E-state index in [1.54, 1.807) is 0 Å². The maximum atomic E-state index is 13.3. The summed E-state index contributed by atoms with van der Waals surface area (Å²) in [7, 11) is 1.94. The Morgan fingerprint density at radius 2 is 2.04 bits per heavy atom. The molecular weight excluding hydrogens is 350 g/mol. The van der Waals surface area contributed by atoms with Crippen LogP contribution in [-0.2, 0) is 6.42 Å². The molecule has 0 radical (unpaired) electrons. The Hall–Kier alpha value is -2.66. The van der Waals surface area contributed by atoms with Crippen LogP contribution in [0.1, 0.15) is 29.0 Å². The van der Waals surface area contributed by atoms with Crippen LogP contribution >= 0.6 is 0 Å². The molecule has 3 aliphatic heterocycles. The molecule has 5 heteroatoms. The zero-order chi connectivity index (χ0) is 19.1. The van der Waals surface area contributed by atoms with Gasteiger partial charge in [-0.2, -0.15) is 0 Å². The summed E-state index contributed by atoms with van der Waals surface area (Å²) in [6, 6.07) is 14.3. The maximum absolute atomic E-state index is 13.3. The standard InChI is InChI=1S/C23H25N3O2/c1-25(23(27)21-14-18-6-2-3-7-20(18)28-21)22-17-8-11-26(12-9-17)19(22)13-16-5-4-10-24-15-16/h2-7,10,14-15,17,19,22H,8-9,11-13H2,1H3. The quantitative estimate of drug-likeness (QED) is 0.699. The van der Waals surface area contributed by atoms with Gasteiger partial charge in [0.05, 0.1) is 6.04 Å². The second-order valence-corrected chi connectivity index (χ2v) is 8.06. The molecule has 2 bridgehead atoms. The van der Waals surface area contributed by atoms with Crippen molar-refractivity contribution in [2.24, 2.45) is 5.92 Å². The number of para-hydroxylation sites is 1. The third-order valence-corrected chi connectivity index (χ3v) is 6.49. The SMILES string of the molecule is CN(C(=O)c1cc2ccccc2o1)C1C2CCN(CC2)C1Cc1cccnc1. The monoisotopic (exact) mass is 375 g/mol. The number of fused-ring (bicyclic) bond motifs is 4. The van der Waals surface area contributed by atoms with E-state index in [0.29, 0.717) is 17.7 Å². The van der Waals surface area contributed by atoms with Gasteiger partial charge in [0.15, 0.2) is 5.76 Å². The van der Waals surface area contributed by atoms with Gasteiger partial charge in [0, 0.05) is 30.9 Å². The van der Waals surface area contributed by atoms with Crippen molar-refractivity contribution in [1.29, 1.82) is 0 Å². The zero-order valence-corrected chi connectivity index (χ0v) is 16.1. The van der Waals surface area contributed by atoms with Crippen LogP contribution in [0.25, 0.3) is 11.0 Å². The van der Waals surface area contributed by atoms with Gasteiger partial charge in [-0.05, 0) is 62.0 Å². The summed E-state index contributed by atoms with van der Waals surface area (Å²) in [5.74, 6) is 0.955. The Balaban J connectivity index is 1.43. The van der Waals surface area contributed by atoms with E-state index in [9.17, 15) is 4.79 Å². The van der Waals surface area contributed by atoms with E-state index in [1.165, 1.54) is 5.56 Å². The third kappa shape index (κ3) is 3.00. The van der Waals surface area contributed by atoms with E-state index in [1.807, 2.05) is 60.7 Å². The number of likely N-dealkylation sites (N-methyl/N-ethyl adjacent to an activating group) is 1. The van der Waals surface area contributed by atoms with Crippen molar-refractivity contribution in [3.63, 3.8) is 0 Å². The van der Waals surface area contributed by atoms with Crippen LogP contribution in [-0.4, -0.2) is 52.9 Å². The van der Waals surface area contributed by atoms with Gasteiger partial charge in [-0.3, -0.25) is 14.7 Å². The molecule has 5 heterocycles. The Labute approximate surface area is 165 Å². The van der Waals surface area contributed by atoms with E-state index in [-0.39, 0.29) is 11.9 Å². The average Bonchev–Trinajstić information content (AvgIpc) is 3.18. The van der Waals surface area contributed by atoms with Crippen molar-refractivity contribution in [3.8, 4) is 0 Å². The van der Waals surface area contributed by atoms with Crippen molar-refractivity contribution >= 4 is 16.9 Å². The minimum absolute atomic E-state index is 0.0221. The molecule has 2 aromatic heterocycles. The maximum Gasteiger partial charge on any atom is 0.289 e. The highest BCUT2D eigenvalue weighted by atomic mass is 16.3. The molecule has 6 rings (SSSR count). The molecule has 2 atom stereocenters. The number of aromatic nitrogens is 1. The van der Waals surface area contributed by atoms with Gasteiger partial charge < -0.3 is 9.32 Å². The number of benzene rings is 1. The van der Waals surface area contributed by atoms with E-state index in [4.69, 9.17) is 4.42 Å². The van der Waals surface area contributed by atoms with Gasteiger partial charge in [0.2, 0.25) is 0 Å². The van der Waals surface area contributed by atoms with Gasteiger partial charge in [-0.25, -0.2) is 0 Å². The molecule has 1 amide bonds. The summed E-state index contributed by atoms with van der Waals surface area (Å²) < 4.78 is 5.86. The number of nitrogens with zero attached hydrogens (tertiary/aromatic N) is 3. The Morgan fingerprint density at radius 3 is 2.79 bits per heavy atom. The summed E-state index contributed by atoms with van der Waals surface area (Å²) in [6.07, 6.45) is 7.00. The molecule has 144 valence electrons. The number of carbonyl (C=O) groups excluding carboxylic acids is 1. The lowest BCUT2D eigenvalue weighted by atomic mass is 9.76.